The lowest BCUT2D eigenvalue weighted by Gasteiger charge is -2.24. The van der Waals surface area contributed by atoms with Crippen LogP contribution in [0.25, 0.3) is 0 Å². The lowest BCUT2D eigenvalue weighted by atomic mass is 10.0. The van der Waals surface area contributed by atoms with E-state index in [-0.39, 0.29) is 24.9 Å². The smallest absolute Gasteiger partial charge is 0.306 e. The highest BCUT2D eigenvalue weighted by Crippen LogP contribution is 2.19. The number of aliphatic hydroxyl groups excluding tert-OH is 2. The summed E-state index contributed by atoms with van der Waals surface area (Å²) < 4.78 is 5.95. The number of hydrogen-bond donors (Lipinski definition) is 3. The summed E-state index contributed by atoms with van der Waals surface area (Å²) in [5.41, 5.74) is 0. The second kappa shape index (κ2) is 51.6. The number of nitrogens with one attached hydrogen (secondary N) is 1. The summed E-state index contributed by atoms with van der Waals surface area (Å²) >= 11 is 0. The van der Waals surface area contributed by atoms with E-state index in [1.54, 1.807) is 0 Å². The van der Waals surface area contributed by atoms with Gasteiger partial charge in [-0.2, -0.15) is 0 Å². The molecule has 0 bridgehead atoms. The summed E-state index contributed by atoms with van der Waals surface area (Å²) in [6, 6.07) is -0.697. The number of carbonyl (C=O) groups is 2. The maximum atomic E-state index is 13.2. The van der Waals surface area contributed by atoms with E-state index in [2.05, 4.69) is 38.2 Å². The number of hydrogen-bond acceptors (Lipinski definition) is 5. The van der Waals surface area contributed by atoms with Crippen molar-refractivity contribution in [1.29, 1.82) is 0 Å². The van der Waals surface area contributed by atoms with Gasteiger partial charge in [0.05, 0.1) is 25.2 Å². The molecule has 0 aromatic rings. The van der Waals surface area contributed by atoms with Gasteiger partial charge in [-0.1, -0.05) is 264 Å². The summed E-state index contributed by atoms with van der Waals surface area (Å²) in [6.45, 7) is 6.51. The van der Waals surface area contributed by atoms with Crippen LogP contribution in [0.3, 0.4) is 0 Å². The van der Waals surface area contributed by atoms with Gasteiger partial charge in [0, 0.05) is 6.42 Å². The lowest BCUT2D eigenvalue weighted by Crippen LogP contribution is -2.46. The van der Waals surface area contributed by atoms with Gasteiger partial charge in [0.2, 0.25) is 5.91 Å². The molecule has 0 aliphatic carbocycles. The Morgan fingerprint density at radius 2 is 0.762 bits per heavy atom. The Balaban J connectivity index is 4.51. The summed E-state index contributed by atoms with van der Waals surface area (Å²) in [5, 5.41) is 23.9. The number of allylic oxidation sites excluding steroid dienone is 2. The molecule has 0 radical (unpaired) electrons. The largest absolute Gasteiger partial charge is 0.462 e. The normalized spacial score (nSPS) is 13.2. The van der Waals surface area contributed by atoms with Gasteiger partial charge in [0.25, 0.3) is 0 Å². The van der Waals surface area contributed by atoms with Crippen LogP contribution in [-0.4, -0.2) is 46.9 Å². The van der Waals surface area contributed by atoms with E-state index in [0.717, 1.165) is 51.4 Å². The number of ether oxygens (including phenoxy) is 1. The number of amides is 1. The van der Waals surface area contributed by atoms with Gasteiger partial charge >= 0.3 is 5.97 Å². The fourth-order valence-electron chi connectivity index (χ4n) is 9.02. The van der Waals surface area contributed by atoms with Crippen molar-refractivity contribution in [3.63, 3.8) is 0 Å². The van der Waals surface area contributed by atoms with Crippen molar-refractivity contribution >= 4 is 11.9 Å². The minimum Gasteiger partial charge on any atom is -0.462 e. The minimum atomic E-state index is -0.783. The number of aliphatic hydroxyl groups is 2. The van der Waals surface area contributed by atoms with Crippen LogP contribution < -0.4 is 5.32 Å². The third kappa shape index (κ3) is 46.9. The first kappa shape index (κ1) is 61.6. The molecule has 3 atom stereocenters. The summed E-state index contributed by atoms with van der Waals surface area (Å²) in [4.78, 5) is 26.2. The molecule has 0 aliphatic rings. The minimum absolute atomic E-state index is 0.0821. The van der Waals surface area contributed by atoms with Crippen LogP contribution in [-0.2, 0) is 14.3 Å². The highest BCUT2D eigenvalue weighted by Gasteiger charge is 2.24. The molecule has 6 heteroatoms. The molecule has 0 fully saturated rings. The maximum Gasteiger partial charge on any atom is 0.306 e. The molecule has 0 saturated heterocycles. The van der Waals surface area contributed by atoms with Gasteiger partial charge in [0.1, 0.15) is 6.10 Å². The Morgan fingerprint density at radius 1 is 0.444 bits per heavy atom. The lowest BCUT2D eigenvalue weighted by molar-refractivity contribution is -0.151. The van der Waals surface area contributed by atoms with E-state index in [4.69, 9.17) is 4.74 Å². The zero-order valence-electron chi connectivity index (χ0n) is 42.7. The highest BCUT2D eigenvalue weighted by molar-refractivity contribution is 5.77. The molecule has 0 rings (SSSR count). The van der Waals surface area contributed by atoms with Crippen molar-refractivity contribution in [3.8, 4) is 0 Å². The Bertz CT molecular complexity index is 955. The van der Waals surface area contributed by atoms with Gasteiger partial charge in [-0.05, 0) is 51.4 Å². The molecule has 0 aliphatic heterocycles. The van der Waals surface area contributed by atoms with Crippen LogP contribution >= 0.6 is 0 Å². The second-order valence-electron chi connectivity index (χ2n) is 19.7. The summed E-state index contributed by atoms with van der Waals surface area (Å²) in [7, 11) is 0. The molecular weight excluding hydrogens is 779 g/mol. The van der Waals surface area contributed by atoms with E-state index in [1.807, 2.05) is 0 Å². The first-order valence-corrected chi connectivity index (χ1v) is 28.4. The average Bonchev–Trinajstić information content (AvgIpc) is 3.28. The van der Waals surface area contributed by atoms with Crippen LogP contribution in [0, 0.1) is 0 Å². The molecule has 0 aromatic carbocycles. The molecule has 0 spiro atoms. The van der Waals surface area contributed by atoms with E-state index in [1.165, 1.54) is 218 Å². The molecule has 3 N–H and O–H groups in total. The standard InChI is InChI=1S/C57H111NO5/c1-4-7-10-13-16-19-22-25-27-28-30-31-33-36-39-42-45-48-53(63-57(62)50-47-44-41-38-35-24-21-18-15-12-9-6-3)51-56(61)58-54(52-59)55(60)49-46-43-40-37-34-32-29-26-23-20-17-14-11-8-5-2/h25,27,53-55,59-60H,4-24,26,28-52H2,1-3H3,(H,58,61)/b27-25+. The summed E-state index contributed by atoms with van der Waals surface area (Å²) in [5.74, 6) is -0.457. The number of unbranched alkanes of at least 4 members (excludes halogenated alkanes) is 38. The third-order valence-corrected chi connectivity index (χ3v) is 13.3. The van der Waals surface area contributed by atoms with Gasteiger partial charge in [-0.15, -0.1) is 0 Å². The first-order chi connectivity index (χ1) is 31.0. The van der Waals surface area contributed by atoms with Crippen LogP contribution in [0.2, 0.25) is 0 Å². The molecule has 3 unspecified atom stereocenters. The van der Waals surface area contributed by atoms with Gasteiger partial charge < -0.3 is 20.3 Å². The summed E-state index contributed by atoms with van der Waals surface area (Å²) in [6.07, 6.45) is 58.4. The van der Waals surface area contributed by atoms with E-state index in [9.17, 15) is 19.8 Å². The van der Waals surface area contributed by atoms with Crippen molar-refractivity contribution in [2.24, 2.45) is 0 Å². The first-order valence-electron chi connectivity index (χ1n) is 28.4. The van der Waals surface area contributed by atoms with Crippen molar-refractivity contribution in [1.82, 2.24) is 5.32 Å². The van der Waals surface area contributed by atoms with Gasteiger partial charge in [-0.25, -0.2) is 0 Å². The Morgan fingerprint density at radius 3 is 1.13 bits per heavy atom. The fraction of sp³-hybridized carbons (Fsp3) is 0.930. The molecule has 374 valence electrons. The highest BCUT2D eigenvalue weighted by atomic mass is 16.5. The van der Waals surface area contributed by atoms with Gasteiger partial charge in [-0.3, -0.25) is 9.59 Å². The molecular formula is C57H111NO5. The average molecular weight is 891 g/mol. The fourth-order valence-corrected chi connectivity index (χ4v) is 9.02. The number of carbonyl (C=O) groups excluding carboxylic acids is 2. The zero-order chi connectivity index (χ0) is 45.9. The van der Waals surface area contributed by atoms with Crippen molar-refractivity contribution in [3.05, 3.63) is 12.2 Å². The van der Waals surface area contributed by atoms with Crippen LogP contribution in [0.5, 0.6) is 0 Å². The van der Waals surface area contributed by atoms with Crippen molar-refractivity contribution < 1.29 is 24.5 Å². The topological polar surface area (TPSA) is 95.9 Å². The van der Waals surface area contributed by atoms with Gasteiger partial charge in [0.15, 0.2) is 0 Å². The monoisotopic (exact) mass is 890 g/mol. The van der Waals surface area contributed by atoms with Crippen molar-refractivity contribution in [2.75, 3.05) is 6.61 Å². The van der Waals surface area contributed by atoms with E-state index < -0.39 is 18.2 Å². The molecule has 0 heterocycles. The Hall–Kier alpha value is -1.40. The molecule has 63 heavy (non-hydrogen) atoms. The quantitative estimate of drug-likeness (QED) is 0.0321. The zero-order valence-corrected chi connectivity index (χ0v) is 42.7. The second-order valence-corrected chi connectivity index (χ2v) is 19.7. The predicted octanol–water partition coefficient (Wildman–Crippen LogP) is 17.3. The SMILES string of the molecule is CCCCCCCC/C=C/CCCCCCCCCC(CC(=O)NC(CO)C(O)CCCCCCCCCCCCCCCCC)OC(=O)CCCCCCCCCCCCCC. The van der Waals surface area contributed by atoms with Crippen LogP contribution in [0.1, 0.15) is 316 Å². The molecule has 0 saturated carbocycles. The number of rotatable bonds is 52. The predicted molar refractivity (Wildman–Crippen MR) is 273 cm³/mol. The molecule has 0 aromatic heterocycles. The molecule has 1 amide bonds. The Labute approximate surface area is 393 Å². The third-order valence-electron chi connectivity index (χ3n) is 13.3. The van der Waals surface area contributed by atoms with Crippen molar-refractivity contribution in [2.45, 2.75) is 334 Å². The Kier molecular flexibility index (Phi) is 50.4. The number of esters is 1. The van der Waals surface area contributed by atoms with E-state index >= 15 is 0 Å². The molecule has 6 nitrogen and oxygen atoms in total. The van der Waals surface area contributed by atoms with E-state index in [0.29, 0.717) is 19.3 Å². The van der Waals surface area contributed by atoms with Crippen LogP contribution in [0.15, 0.2) is 12.2 Å². The van der Waals surface area contributed by atoms with Crippen LogP contribution in [0.4, 0.5) is 0 Å². The maximum absolute atomic E-state index is 13.2.